The van der Waals surface area contributed by atoms with Crippen molar-refractivity contribution in [3.05, 3.63) is 65.7 Å². The Balaban J connectivity index is 2.32. The summed E-state index contributed by atoms with van der Waals surface area (Å²) in [4.78, 5) is 4.19. The molecule has 0 radical (unpaired) electrons. The molecule has 0 spiro atoms. The van der Waals surface area contributed by atoms with Crippen LogP contribution in [-0.4, -0.2) is 14.7 Å². The Kier molecular flexibility index (Phi) is 5.41. The fourth-order valence-electron chi connectivity index (χ4n) is 3.73. The third-order valence-corrected chi connectivity index (χ3v) is 5.16. The normalized spacial score (nSPS) is 11.7. The highest BCUT2D eigenvalue weighted by molar-refractivity contribution is 5.77. The van der Waals surface area contributed by atoms with Gasteiger partial charge in [-0.1, -0.05) is 59.7 Å². The van der Waals surface area contributed by atoms with Gasteiger partial charge in [0.2, 0.25) is 0 Å². The number of aromatic hydroxyl groups is 1. The molecule has 0 aliphatic heterocycles. The molecule has 1 aromatic heterocycles. The van der Waals surface area contributed by atoms with Gasteiger partial charge in [-0.05, 0) is 51.6 Å². The van der Waals surface area contributed by atoms with Crippen LogP contribution in [0.4, 0.5) is 0 Å². The number of phenols is 1. The number of benzene rings is 2. The van der Waals surface area contributed by atoms with Gasteiger partial charge in [-0.15, -0.1) is 0 Å². The van der Waals surface area contributed by atoms with E-state index in [-0.39, 0.29) is 5.75 Å². The Bertz CT molecular complexity index is 922. The van der Waals surface area contributed by atoms with Gasteiger partial charge in [0.25, 0.3) is 0 Å². The molecule has 0 aliphatic carbocycles. The molecule has 3 nitrogen and oxygen atoms in total. The van der Waals surface area contributed by atoms with Crippen LogP contribution < -0.4 is 0 Å². The number of hydrogen-bond acceptors (Lipinski definition) is 2. The molecule has 2 aromatic carbocycles. The summed E-state index contributed by atoms with van der Waals surface area (Å²) in [5.41, 5.74) is 7.20. The molecule has 1 heterocycles. The first-order chi connectivity index (χ1) is 12.8. The Morgan fingerprint density at radius 3 is 2.15 bits per heavy atom. The van der Waals surface area contributed by atoms with Crippen LogP contribution in [0.15, 0.2) is 49.1 Å². The molecule has 0 saturated carbocycles. The lowest BCUT2D eigenvalue weighted by molar-refractivity contribution is 0.475. The van der Waals surface area contributed by atoms with Crippen LogP contribution in [0.3, 0.4) is 0 Å². The summed E-state index contributed by atoms with van der Waals surface area (Å²) in [6, 6.07) is 10.5. The molecule has 0 bridgehead atoms. The average molecular weight is 363 g/mol. The Morgan fingerprint density at radius 1 is 0.852 bits per heavy atom. The van der Waals surface area contributed by atoms with Gasteiger partial charge >= 0.3 is 0 Å². The molecule has 27 heavy (non-hydrogen) atoms. The average Bonchev–Trinajstić information content (AvgIpc) is 3.14. The summed E-state index contributed by atoms with van der Waals surface area (Å²) in [5, 5.41) is 10.5. The van der Waals surface area contributed by atoms with Gasteiger partial charge in [-0.2, -0.15) is 0 Å². The summed E-state index contributed by atoms with van der Waals surface area (Å²) >= 11 is 0. The first-order valence-electron chi connectivity index (χ1n) is 9.79. The van der Waals surface area contributed by atoms with E-state index in [4.69, 9.17) is 0 Å². The van der Waals surface area contributed by atoms with Crippen molar-refractivity contribution >= 4 is 0 Å². The molecule has 0 saturated heterocycles. The van der Waals surface area contributed by atoms with Gasteiger partial charge in [0.05, 0.1) is 12.0 Å². The Hall–Kier alpha value is -2.55. The maximum Gasteiger partial charge on any atom is 0.118 e. The van der Waals surface area contributed by atoms with E-state index in [0.29, 0.717) is 17.8 Å². The fourth-order valence-corrected chi connectivity index (χ4v) is 3.73. The largest absolute Gasteiger partial charge is 0.508 e. The van der Waals surface area contributed by atoms with E-state index in [1.54, 1.807) is 12.5 Å². The minimum Gasteiger partial charge on any atom is -0.508 e. The topological polar surface area (TPSA) is 38.0 Å². The zero-order valence-corrected chi connectivity index (χ0v) is 17.2. The monoisotopic (exact) mass is 362 g/mol. The maximum absolute atomic E-state index is 10.5. The maximum atomic E-state index is 10.5. The smallest absolute Gasteiger partial charge is 0.118 e. The number of hydrogen-bond donors (Lipinski definition) is 1. The molecular weight excluding hydrogens is 332 g/mol. The number of imidazole rings is 1. The minimum atomic E-state index is 0.278. The standard InChI is InChI=1S/C24H30N2O/c1-15(2)18-7-8-20(21(11-18)16(3)4)22-12-19(27)13-23(24(22)17(5)6)26-10-9-25-14-26/h7-17,27H,1-6H3. The van der Waals surface area contributed by atoms with E-state index < -0.39 is 0 Å². The van der Waals surface area contributed by atoms with Gasteiger partial charge in [-0.3, -0.25) is 0 Å². The van der Waals surface area contributed by atoms with Crippen LogP contribution in [-0.2, 0) is 0 Å². The molecule has 3 aromatic rings. The number of rotatable bonds is 5. The van der Waals surface area contributed by atoms with E-state index in [1.807, 2.05) is 22.9 Å². The third kappa shape index (κ3) is 3.78. The highest BCUT2D eigenvalue weighted by Gasteiger charge is 2.20. The van der Waals surface area contributed by atoms with Gasteiger partial charge in [0.1, 0.15) is 5.75 Å². The second-order valence-corrected chi connectivity index (χ2v) is 8.21. The molecule has 1 N–H and O–H groups in total. The predicted molar refractivity (Wildman–Crippen MR) is 113 cm³/mol. The van der Waals surface area contributed by atoms with Gasteiger partial charge in [0.15, 0.2) is 0 Å². The van der Waals surface area contributed by atoms with Crippen LogP contribution in [0.25, 0.3) is 16.8 Å². The van der Waals surface area contributed by atoms with Crippen molar-refractivity contribution in [1.82, 2.24) is 9.55 Å². The summed E-state index contributed by atoms with van der Waals surface area (Å²) in [6.45, 7) is 13.3. The van der Waals surface area contributed by atoms with Crippen LogP contribution in [0.5, 0.6) is 5.75 Å². The third-order valence-electron chi connectivity index (χ3n) is 5.16. The second kappa shape index (κ2) is 7.59. The predicted octanol–water partition coefficient (Wildman–Crippen LogP) is 6.62. The summed E-state index contributed by atoms with van der Waals surface area (Å²) in [7, 11) is 0. The van der Waals surface area contributed by atoms with E-state index in [1.165, 1.54) is 22.3 Å². The quantitative estimate of drug-likeness (QED) is 0.554. The summed E-state index contributed by atoms with van der Waals surface area (Å²) < 4.78 is 1.98. The van der Waals surface area contributed by atoms with Crippen molar-refractivity contribution in [2.45, 2.75) is 59.3 Å². The van der Waals surface area contributed by atoms with Crippen LogP contribution in [0.1, 0.15) is 76.0 Å². The van der Waals surface area contributed by atoms with Gasteiger partial charge in [0, 0.05) is 18.5 Å². The molecule has 3 rings (SSSR count). The van der Waals surface area contributed by atoms with Gasteiger partial charge < -0.3 is 9.67 Å². The number of aromatic nitrogens is 2. The Morgan fingerprint density at radius 2 is 1.59 bits per heavy atom. The van der Waals surface area contributed by atoms with E-state index in [9.17, 15) is 5.11 Å². The van der Waals surface area contributed by atoms with E-state index in [0.717, 1.165) is 11.3 Å². The van der Waals surface area contributed by atoms with Gasteiger partial charge in [-0.25, -0.2) is 4.98 Å². The molecule has 142 valence electrons. The Labute approximate surface area is 162 Å². The van der Waals surface area contributed by atoms with E-state index in [2.05, 4.69) is 64.7 Å². The highest BCUT2D eigenvalue weighted by atomic mass is 16.3. The molecule has 0 fully saturated rings. The number of phenolic OH excluding ortho intramolecular Hbond substituents is 1. The molecule has 0 aliphatic rings. The zero-order valence-electron chi connectivity index (χ0n) is 17.2. The molecule has 0 atom stereocenters. The van der Waals surface area contributed by atoms with Crippen LogP contribution in [0.2, 0.25) is 0 Å². The highest BCUT2D eigenvalue weighted by Crippen LogP contribution is 2.41. The lowest BCUT2D eigenvalue weighted by Crippen LogP contribution is -2.04. The van der Waals surface area contributed by atoms with Crippen molar-refractivity contribution in [3.8, 4) is 22.6 Å². The van der Waals surface area contributed by atoms with Crippen molar-refractivity contribution in [1.29, 1.82) is 0 Å². The van der Waals surface area contributed by atoms with Crippen molar-refractivity contribution < 1.29 is 5.11 Å². The van der Waals surface area contributed by atoms with Crippen LogP contribution in [0, 0.1) is 0 Å². The molecular formula is C24H30N2O. The fraction of sp³-hybridized carbons (Fsp3) is 0.375. The second-order valence-electron chi connectivity index (χ2n) is 8.21. The van der Waals surface area contributed by atoms with Crippen molar-refractivity contribution in [2.24, 2.45) is 0 Å². The zero-order chi connectivity index (χ0) is 19.7. The number of nitrogens with zero attached hydrogens (tertiary/aromatic N) is 2. The summed E-state index contributed by atoms with van der Waals surface area (Å²) in [6.07, 6.45) is 5.48. The van der Waals surface area contributed by atoms with E-state index >= 15 is 0 Å². The molecule has 0 amide bonds. The summed E-state index contributed by atoms with van der Waals surface area (Å²) in [5.74, 6) is 1.48. The minimum absolute atomic E-state index is 0.278. The van der Waals surface area contributed by atoms with Crippen molar-refractivity contribution in [3.63, 3.8) is 0 Å². The molecule has 3 heteroatoms. The first kappa shape index (κ1) is 19.2. The lowest BCUT2D eigenvalue weighted by atomic mass is 9.84. The lowest BCUT2D eigenvalue weighted by Gasteiger charge is -2.23. The van der Waals surface area contributed by atoms with Crippen molar-refractivity contribution in [2.75, 3.05) is 0 Å². The van der Waals surface area contributed by atoms with Crippen LogP contribution >= 0.6 is 0 Å². The SMILES string of the molecule is CC(C)c1ccc(-c2cc(O)cc(-n3ccnc3)c2C(C)C)c(C(C)C)c1. The molecule has 0 unspecified atom stereocenters. The first-order valence-corrected chi connectivity index (χ1v) is 9.79.